The molecule has 0 bridgehead atoms. The van der Waals surface area contributed by atoms with Gasteiger partial charge >= 0.3 is 0 Å². The zero-order chi connectivity index (χ0) is 16.4. The lowest BCUT2D eigenvalue weighted by Crippen LogP contribution is -2.37. The number of morpholine rings is 1. The highest BCUT2D eigenvalue weighted by molar-refractivity contribution is 6.42. The van der Waals surface area contributed by atoms with Crippen LogP contribution in [0.15, 0.2) is 22.7 Å². The van der Waals surface area contributed by atoms with Gasteiger partial charge in [0.25, 0.3) is 11.7 Å². The molecule has 3 rings (SSSR count). The van der Waals surface area contributed by atoms with Crippen molar-refractivity contribution < 1.29 is 14.1 Å². The fourth-order valence-electron chi connectivity index (χ4n) is 2.37. The molecule has 0 saturated carbocycles. The molecular formula is C14H14Cl2N4O3. The number of primary amides is 1. The van der Waals surface area contributed by atoms with Gasteiger partial charge in [0.15, 0.2) is 0 Å². The summed E-state index contributed by atoms with van der Waals surface area (Å²) in [5.74, 6) is -0.487. The molecule has 1 aromatic heterocycles. The van der Waals surface area contributed by atoms with Crippen molar-refractivity contribution >= 4 is 29.1 Å². The van der Waals surface area contributed by atoms with Crippen molar-refractivity contribution in [1.82, 2.24) is 15.0 Å². The van der Waals surface area contributed by atoms with Crippen molar-refractivity contribution in [1.29, 1.82) is 0 Å². The third-order valence-electron chi connectivity index (χ3n) is 3.51. The number of benzene rings is 1. The summed E-state index contributed by atoms with van der Waals surface area (Å²) in [6, 6.07) is 5.44. The van der Waals surface area contributed by atoms with Crippen LogP contribution in [-0.4, -0.2) is 40.6 Å². The second kappa shape index (κ2) is 6.84. The molecule has 9 heteroatoms. The SMILES string of the molecule is NC(=O)c1noc(CN2CCO[C@@H](c3ccc(Cl)c(Cl)c3)C2)n1. The predicted molar refractivity (Wildman–Crippen MR) is 83.2 cm³/mol. The molecule has 1 fully saturated rings. The number of rotatable bonds is 4. The van der Waals surface area contributed by atoms with Gasteiger partial charge in [0.05, 0.1) is 29.3 Å². The first-order valence-electron chi connectivity index (χ1n) is 6.94. The molecule has 0 radical (unpaired) electrons. The third-order valence-corrected chi connectivity index (χ3v) is 4.25. The molecule has 0 spiro atoms. The van der Waals surface area contributed by atoms with E-state index >= 15 is 0 Å². The Bertz CT molecular complexity index is 722. The van der Waals surface area contributed by atoms with Crippen LogP contribution in [0, 0.1) is 0 Å². The number of hydrogen-bond acceptors (Lipinski definition) is 6. The lowest BCUT2D eigenvalue weighted by Gasteiger charge is -2.32. The highest BCUT2D eigenvalue weighted by Gasteiger charge is 2.24. The first kappa shape index (κ1) is 16.2. The van der Waals surface area contributed by atoms with Crippen molar-refractivity contribution in [3.05, 3.63) is 45.5 Å². The Morgan fingerprint density at radius 2 is 2.22 bits per heavy atom. The zero-order valence-corrected chi connectivity index (χ0v) is 13.5. The third kappa shape index (κ3) is 3.81. The summed E-state index contributed by atoms with van der Waals surface area (Å²) in [7, 11) is 0. The summed E-state index contributed by atoms with van der Waals surface area (Å²) in [5.41, 5.74) is 6.06. The van der Waals surface area contributed by atoms with Crippen molar-refractivity contribution in [2.24, 2.45) is 5.73 Å². The molecular weight excluding hydrogens is 343 g/mol. The second-order valence-electron chi connectivity index (χ2n) is 5.14. The Balaban J connectivity index is 1.67. The number of carbonyl (C=O) groups is 1. The molecule has 1 saturated heterocycles. The van der Waals surface area contributed by atoms with Crippen molar-refractivity contribution in [3.8, 4) is 0 Å². The van der Waals surface area contributed by atoms with Gasteiger partial charge in [-0.2, -0.15) is 4.98 Å². The summed E-state index contributed by atoms with van der Waals surface area (Å²) >= 11 is 12.0. The van der Waals surface area contributed by atoms with E-state index in [2.05, 4.69) is 15.0 Å². The minimum absolute atomic E-state index is 0.116. The standard InChI is InChI=1S/C14H14Cl2N4O3/c15-9-2-1-8(5-10(9)16)11-6-20(3-4-22-11)7-12-18-14(13(17)21)19-23-12/h1-2,5,11H,3-4,6-7H2,(H2,17,21)/t11-/m1/s1. The fraction of sp³-hybridized carbons (Fsp3) is 0.357. The lowest BCUT2D eigenvalue weighted by molar-refractivity contribution is -0.0355. The van der Waals surface area contributed by atoms with Gasteiger partial charge in [0.2, 0.25) is 5.89 Å². The normalized spacial score (nSPS) is 19.0. The van der Waals surface area contributed by atoms with E-state index in [0.29, 0.717) is 42.2 Å². The van der Waals surface area contributed by atoms with Crippen LogP contribution in [0.1, 0.15) is 28.2 Å². The first-order valence-corrected chi connectivity index (χ1v) is 7.70. The molecule has 1 aliphatic heterocycles. The number of nitrogens with zero attached hydrogens (tertiary/aromatic N) is 3. The van der Waals surface area contributed by atoms with Crippen LogP contribution in [0.2, 0.25) is 10.0 Å². The Labute approximate surface area is 142 Å². The maximum Gasteiger partial charge on any atom is 0.290 e. The van der Waals surface area contributed by atoms with Crippen molar-refractivity contribution in [3.63, 3.8) is 0 Å². The number of amides is 1. The number of aromatic nitrogens is 2. The van der Waals surface area contributed by atoms with Gasteiger partial charge in [-0.25, -0.2) is 0 Å². The Hall–Kier alpha value is -1.67. The summed E-state index contributed by atoms with van der Waals surface area (Å²) in [4.78, 5) is 17.0. The summed E-state index contributed by atoms with van der Waals surface area (Å²) in [5, 5.41) is 4.53. The molecule has 1 aromatic carbocycles. The molecule has 2 heterocycles. The van der Waals surface area contributed by atoms with Gasteiger partial charge in [0, 0.05) is 13.1 Å². The molecule has 1 amide bonds. The predicted octanol–water partition coefficient (Wildman–Crippen LogP) is 2.05. The molecule has 0 unspecified atom stereocenters. The monoisotopic (exact) mass is 356 g/mol. The van der Waals surface area contributed by atoms with Crippen LogP contribution < -0.4 is 5.73 Å². The van der Waals surface area contributed by atoms with E-state index in [0.717, 1.165) is 5.56 Å². The Morgan fingerprint density at radius 1 is 1.39 bits per heavy atom. The van der Waals surface area contributed by atoms with Crippen molar-refractivity contribution in [2.45, 2.75) is 12.6 Å². The number of hydrogen-bond donors (Lipinski definition) is 1. The minimum Gasteiger partial charge on any atom is -0.371 e. The molecule has 2 aromatic rings. The van der Waals surface area contributed by atoms with Gasteiger partial charge < -0.3 is 15.0 Å². The van der Waals surface area contributed by atoms with Crippen LogP contribution in [0.3, 0.4) is 0 Å². The molecule has 1 aliphatic rings. The van der Waals surface area contributed by atoms with E-state index in [4.69, 9.17) is 38.2 Å². The van der Waals surface area contributed by atoms with E-state index in [-0.39, 0.29) is 11.9 Å². The smallest absolute Gasteiger partial charge is 0.290 e. The minimum atomic E-state index is -0.712. The Morgan fingerprint density at radius 3 is 2.91 bits per heavy atom. The van der Waals surface area contributed by atoms with Crippen LogP contribution in [0.5, 0.6) is 0 Å². The summed E-state index contributed by atoms with van der Waals surface area (Å²) in [6.07, 6.45) is -0.128. The molecule has 23 heavy (non-hydrogen) atoms. The number of carbonyl (C=O) groups excluding carboxylic acids is 1. The van der Waals surface area contributed by atoms with E-state index in [1.165, 1.54) is 0 Å². The largest absolute Gasteiger partial charge is 0.371 e. The highest BCUT2D eigenvalue weighted by atomic mass is 35.5. The number of ether oxygens (including phenoxy) is 1. The van der Waals surface area contributed by atoms with Crippen LogP contribution in [-0.2, 0) is 11.3 Å². The van der Waals surface area contributed by atoms with E-state index in [1.54, 1.807) is 12.1 Å². The van der Waals surface area contributed by atoms with Gasteiger partial charge in [-0.1, -0.05) is 34.4 Å². The maximum atomic E-state index is 11.0. The van der Waals surface area contributed by atoms with E-state index < -0.39 is 5.91 Å². The number of nitrogens with two attached hydrogens (primary N) is 1. The van der Waals surface area contributed by atoms with Crippen LogP contribution in [0.4, 0.5) is 0 Å². The van der Waals surface area contributed by atoms with Crippen LogP contribution >= 0.6 is 23.2 Å². The van der Waals surface area contributed by atoms with Gasteiger partial charge in [0.1, 0.15) is 0 Å². The van der Waals surface area contributed by atoms with E-state index in [1.807, 2.05) is 6.07 Å². The van der Waals surface area contributed by atoms with Gasteiger partial charge in [-0.05, 0) is 17.7 Å². The second-order valence-corrected chi connectivity index (χ2v) is 5.96. The molecule has 122 valence electrons. The van der Waals surface area contributed by atoms with Crippen LogP contribution in [0.25, 0.3) is 0 Å². The fourth-order valence-corrected chi connectivity index (χ4v) is 2.68. The van der Waals surface area contributed by atoms with Crippen molar-refractivity contribution in [2.75, 3.05) is 19.7 Å². The average molecular weight is 357 g/mol. The first-order chi connectivity index (χ1) is 11.0. The molecule has 7 nitrogen and oxygen atoms in total. The maximum absolute atomic E-state index is 11.0. The zero-order valence-electron chi connectivity index (χ0n) is 12.0. The lowest BCUT2D eigenvalue weighted by atomic mass is 10.1. The molecule has 1 atom stereocenters. The van der Waals surface area contributed by atoms with E-state index in [9.17, 15) is 4.79 Å². The number of halogens is 2. The highest BCUT2D eigenvalue weighted by Crippen LogP contribution is 2.29. The summed E-state index contributed by atoms with van der Waals surface area (Å²) < 4.78 is 10.8. The van der Waals surface area contributed by atoms with Gasteiger partial charge in [-0.3, -0.25) is 9.69 Å². The molecule has 0 aliphatic carbocycles. The quantitative estimate of drug-likeness (QED) is 0.900. The molecule has 2 N–H and O–H groups in total. The van der Waals surface area contributed by atoms with Gasteiger partial charge in [-0.15, -0.1) is 0 Å². The topological polar surface area (TPSA) is 94.5 Å². The Kier molecular flexibility index (Phi) is 4.82. The summed E-state index contributed by atoms with van der Waals surface area (Å²) in [6.45, 7) is 2.32. The average Bonchev–Trinajstić information content (AvgIpc) is 2.99.